The second kappa shape index (κ2) is 9.72. The summed E-state index contributed by atoms with van der Waals surface area (Å²) >= 11 is 0. The van der Waals surface area contributed by atoms with Crippen molar-refractivity contribution in [2.24, 2.45) is 0 Å². The zero-order chi connectivity index (χ0) is 22.6. The van der Waals surface area contributed by atoms with E-state index in [1.54, 1.807) is 0 Å². The largest absolute Gasteiger partial charge is 0.379 e. The molecule has 4 heterocycles. The van der Waals surface area contributed by atoms with Crippen LogP contribution in [-0.4, -0.2) is 76.9 Å². The van der Waals surface area contributed by atoms with Crippen molar-refractivity contribution in [1.29, 1.82) is 0 Å². The number of hydrogen-bond donors (Lipinski definition) is 1. The van der Waals surface area contributed by atoms with Gasteiger partial charge in [-0.25, -0.2) is 4.98 Å². The molecule has 1 aromatic carbocycles. The molecule has 8 nitrogen and oxygen atoms in total. The van der Waals surface area contributed by atoms with E-state index in [1.807, 2.05) is 64.0 Å². The van der Waals surface area contributed by atoms with Crippen LogP contribution < -0.4 is 5.32 Å². The Morgan fingerprint density at radius 3 is 2.64 bits per heavy atom. The summed E-state index contributed by atoms with van der Waals surface area (Å²) in [5.74, 6) is 0.560. The molecule has 0 aliphatic carbocycles. The monoisotopic (exact) mass is 447 g/mol. The number of morpholine rings is 1. The average Bonchev–Trinajstić information content (AvgIpc) is 3.50. The molecule has 0 spiro atoms. The highest BCUT2D eigenvalue weighted by molar-refractivity contribution is 5.99. The normalized spacial score (nSPS) is 19.2. The van der Waals surface area contributed by atoms with Crippen molar-refractivity contribution < 1.29 is 14.3 Å². The first kappa shape index (κ1) is 21.6. The maximum atomic E-state index is 13.2. The maximum absolute atomic E-state index is 13.2. The Balaban J connectivity index is 1.36. The Labute approximate surface area is 193 Å². The topological polar surface area (TPSA) is 79.2 Å². The van der Waals surface area contributed by atoms with Crippen LogP contribution in [0.25, 0.3) is 5.52 Å². The number of amides is 2. The van der Waals surface area contributed by atoms with E-state index in [2.05, 4.69) is 10.2 Å². The summed E-state index contributed by atoms with van der Waals surface area (Å²) in [6.07, 6.45) is 3.66. The fourth-order valence-corrected chi connectivity index (χ4v) is 4.72. The molecule has 3 aromatic rings. The van der Waals surface area contributed by atoms with Gasteiger partial charge in [0, 0.05) is 44.5 Å². The molecule has 1 N–H and O–H groups in total. The van der Waals surface area contributed by atoms with Crippen LogP contribution in [0, 0.1) is 0 Å². The van der Waals surface area contributed by atoms with Crippen LogP contribution in [0.15, 0.2) is 54.7 Å². The van der Waals surface area contributed by atoms with E-state index in [0.29, 0.717) is 24.3 Å². The Bertz CT molecular complexity index is 1120. The minimum atomic E-state index is -0.183. The number of hydrogen-bond acceptors (Lipinski definition) is 5. The number of fused-ring (bicyclic) bond motifs is 1. The molecule has 8 heteroatoms. The summed E-state index contributed by atoms with van der Waals surface area (Å²) in [4.78, 5) is 35.2. The SMILES string of the molecule is O=C(NCCN1CCOCC1)c1nc([C@H]2CCCN2C(=O)c2ccccc2)n2ccccc12. The van der Waals surface area contributed by atoms with E-state index in [4.69, 9.17) is 9.72 Å². The van der Waals surface area contributed by atoms with Gasteiger partial charge in [-0.1, -0.05) is 24.3 Å². The lowest BCUT2D eigenvalue weighted by Crippen LogP contribution is -2.41. The fraction of sp³-hybridized carbons (Fsp3) is 0.400. The lowest BCUT2D eigenvalue weighted by atomic mass is 10.1. The lowest BCUT2D eigenvalue weighted by molar-refractivity contribution is 0.0383. The van der Waals surface area contributed by atoms with E-state index in [0.717, 1.165) is 57.0 Å². The molecule has 0 bridgehead atoms. The van der Waals surface area contributed by atoms with Crippen LogP contribution >= 0.6 is 0 Å². The molecular formula is C25H29N5O3. The average molecular weight is 448 g/mol. The standard InChI is InChI=1S/C25H29N5O3/c31-24(26-11-14-28-15-17-33-18-16-28)22-20-9-4-5-12-29(20)23(27-22)21-10-6-13-30(21)25(32)19-7-2-1-3-8-19/h1-5,7-9,12,21H,6,10-11,13-18H2,(H,26,31)/t21-/m1/s1. The molecule has 1 atom stereocenters. The number of carbonyl (C=O) groups is 2. The fourth-order valence-electron chi connectivity index (χ4n) is 4.72. The number of nitrogens with zero attached hydrogens (tertiary/aromatic N) is 4. The first-order valence-corrected chi connectivity index (χ1v) is 11.6. The Kier molecular flexibility index (Phi) is 6.37. The molecule has 2 aliphatic rings. The summed E-state index contributed by atoms with van der Waals surface area (Å²) in [6, 6.07) is 14.9. The highest BCUT2D eigenvalue weighted by atomic mass is 16.5. The van der Waals surface area contributed by atoms with Crippen molar-refractivity contribution in [3.8, 4) is 0 Å². The molecule has 0 radical (unpaired) electrons. The quantitative estimate of drug-likeness (QED) is 0.628. The molecule has 2 amide bonds. The highest BCUT2D eigenvalue weighted by Gasteiger charge is 2.34. The molecule has 2 saturated heterocycles. The van der Waals surface area contributed by atoms with Crippen LogP contribution in [0.3, 0.4) is 0 Å². The Morgan fingerprint density at radius 1 is 1.03 bits per heavy atom. The highest BCUT2D eigenvalue weighted by Crippen LogP contribution is 2.33. The Morgan fingerprint density at radius 2 is 1.82 bits per heavy atom. The second-order valence-corrected chi connectivity index (χ2v) is 8.51. The number of nitrogens with one attached hydrogen (secondary N) is 1. The maximum Gasteiger partial charge on any atom is 0.272 e. The van der Waals surface area contributed by atoms with Gasteiger partial charge in [0.05, 0.1) is 24.8 Å². The third kappa shape index (κ3) is 4.49. The zero-order valence-corrected chi connectivity index (χ0v) is 18.7. The number of aromatic nitrogens is 2. The van der Waals surface area contributed by atoms with Gasteiger partial charge in [-0.05, 0) is 37.1 Å². The molecule has 2 fully saturated rings. The predicted molar refractivity (Wildman–Crippen MR) is 124 cm³/mol. The van der Waals surface area contributed by atoms with E-state index in [-0.39, 0.29) is 17.9 Å². The van der Waals surface area contributed by atoms with Crippen molar-refractivity contribution in [2.75, 3.05) is 45.9 Å². The van der Waals surface area contributed by atoms with E-state index in [1.165, 1.54) is 0 Å². The van der Waals surface area contributed by atoms with Gasteiger partial charge in [-0.2, -0.15) is 0 Å². The molecule has 2 aliphatic heterocycles. The van der Waals surface area contributed by atoms with Crippen LogP contribution in [-0.2, 0) is 4.74 Å². The summed E-state index contributed by atoms with van der Waals surface area (Å²) in [5, 5.41) is 3.02. The summed E-state index contributed by atoms with van der Waals surface area (Å²) in [6.45, 7) is 5.28. The minimum absolute atomic E-state index is 0.00212. The summed E-state index contributed by atoms with van der Waals surface area (Å²) in [5.41, 5.74) is 1.84. The van der Waals surface area contributed by atoms with Gasteiger partial charge in [-0.3, -0.25) is 14.5 Å². The predicted octanol–water partition coefficient (Wildman–Crippen LogP) is 2.37. The van der Waals surface area contributed by atoms with Gasteiger partial charge in [0.1, 0.15) is 5.82 Å². The molecule has 2 aromatic heterocycles. The number of rotatable bonds is 6. The van der Waals surface area contributed by atoms with E-state index >= 15 is 0 Å². The molecule has 33 heavy (non-hydrogen) atoms. The van der Waals surface area contributed by atoms with Crippen LogP contribution in [0.2, 0.25) is 0 Å². The Hall–Kier alpha value is -3.23. The summed E-state index contributed by atoms with van der Waals surface area (Å²) in [7, 11) is 0. The van der Waals surface area contributed by atoms with Crippen LogP contribution in [0.5, 0.6) is 0 Å². The molecule has 0 unspecified atom stereocenters. The van der Waals surface area contributed by atoms with Crippen molar-refractivity contribution in [1.82, 2.24) is 24.5 Å². The number of benzene rings is 1. The van der Waals surface area contributed by atoms with Crippen molar-refractivity contribution in [2.45, 2.75) is 18.9 Å². The molecule has 172 valence electrons. The van der Waals surface area contributed by atoms with Gasteiger partial charge in [0.15, 0.2) is 5.69 Å². The molecular weight excluding hydrogens is 418 g/mol. The number of likely N-dealkylation sites (tertiary alicyclic amines) is 1. The van der Waals surface area contributed by atoms with Gasteiger partial charge in [-0.15, -0.1) is 0 Å². The van der Waals surface area contributed by atoms with Crippen molar-refractivity contribution in [3.05, 3.63) is 71.8 Å². The summed E-state index contributed by atoms with van der Waals surface area (Å²) < 4.78 is 7.34. The van der Waals surface area contributed by atoms with Crippen LogP contribution in [0.1, 0.15) is 45.6 Å². The zero-order valence-electron chi connectivity index (χ0n) is 18.7. The number of carbonyl (C=O) groups excluding carboxylic acids is 2. The lowest BCUT2D eigenvalue weighted by Gasteiger charge is -2.26. The van der Waals surface area contributed by atoms with Gasteiger partial charge in [0.25, 0.3) is 11.8 Å². The second-order valence-electron chi connectivity index (χ2n) is 8.51. The van der Waals surface area contributed by atoms with Gasteiger partial charge >= 0.3 is 0 Å². The molecule has 5 rings (SSSR count). The van der Waals surface area contributed by atoms with Crippen molar-refractivity contribution >= 4 is 17.3 Å². The van der Waals surface area contributed by atoms with E-state index in [9.17, 15) is 9.59 Å². The third-order valence-corrected chi connectivity index (χ3v) is 6.44. The van der Waals surface area contributed by atoms with Gasteiger partial charge < -0.3 is 19.4 Å². The first-order chi connectivity index (χ1) is 16.2. The van der Waals surface area contributed by atoms with Gasteiger partial charge in [0.2, 0.25) is 0 Å². The minimum Gasteiger partial charge on any atom is -0.379 e. The van der Waals surface area contributed by atoms with E-state index < -0.39 is 0 Å². The smallest absolute Gasteiger partial charge is 0.272 e. The first-order valence-electron chi connectivity index (χ1n) is 11.6. The number of ether oxygens (including phenoxy) is 1. The molecule has 0 saturated carbocycles. The van der Waals surface area contributed by atoms with Crippen LogP contribution in [0.4, 0.5) is 0 Å². The van der Waals surface area contributed by atoms with Crippen molar-refractivity contribution in [3.63, 3.8) is 0 Å². The number of pyridine rings is 1. The third-order valence-electron chi connectivity index (χ3n) is 6.44. The number of imidazole rings is 1.